The average Bonchev–Trinajstić information content (AvgIpc) is 2.87. The SMILES string of the molecule is O=C(O)c1nc(-c2ccccn2)c2c(cc(-c3ccccc3)c(=O)n2Cc2ccccc2)c1O. The van der Waals surface area contributed by atoms with E-state index in [0.29, 0.717) is 22.3 Å². The summed E-state index contributed by atoms with van der Waals surface area (Å²) in [4.78, 5) is 34.3. The molecule has 0 spiro atoms. The quantitative estimate of drug-likeness (QED) is 0.407. The Labute approximate surface area is 194 Å². The lowest BCUT2D eigenvalue weighted by molar-refractivity contribution is 0.0687. The van der Waals surface area contributed by atoms with Crippen LogP contribution in [0.5, 0.6) is 5.75 Å². The van der Waals surface area contributed by atoms with Crippen LogP contribution in [0.1, 0.15) is 16.1 Å². The predicted octanol–water partition coefficient (Wildman–Crippen LogP) is 4.58. The minimum absolute atomic E-state index is 0.199. The molecule has 0 radical (unpaired) electrons. The fraction of sp³-hybridized carbons (Fsp3) is 0.0370. The number of carboxylic acids is 1. The Morgan fingerprint density at radius 1 is 0.912 bits per heavy atom. The summed E-state index contributed by atoms with van der Waals surface area (Å²) < 4.78 is 1.52. The Morgan fingerprint density at radius 2 is 1.59 bits per heavy atom. The highest BCUT2D eigenvalue weighted by Crippen LogP contribution is 2.35. The number of benzene rings is 2. The molecule has 3 aromatic heterocycles. The summed E-state index contributed by atoms with van der Waals surface area (Å²) in [6.07, 6.45) is 1.56. The number of aromatic nitrogens is 3. The number of nitrogens with zero attached hydrogens (tertiary/aromatic N) is 3. The molecule has 5 rings (SSSR count). The molecule has 0 aliphatic rings. The molecule has 0 bridgehead atoms. The molecule has 2 N–H and O–H groups in total. The summed E-state index contributed by atoms with van der Waals surface area (Å²) in [5, 5.41) is 20.9. The van der Waals surface area contributed by atoms with E-state index in [1.165, 1.54) is 10.6 Å². The van der Waals surface area contributed by atoms with Crippen LogP contribution in [0.3, 0.4) is 0 Å². The highest BCUT2D eigenvalue weighted by Gasteiger charge is 2.24. The molecule has 0 fully saturated rings. The predicted molar refractivity (Wildman–Crippen MR) is 129 cm³/mol. The number of fused-ring (bicyclic) bond motifs is 1. The summed E-state index contributed by atoms with van der Waals surface area (Å²) in [5.41, 5.74) is 1.99. The fourth-order valence-corrected chi connectivity index (χ4v) is 4.02. The molecular weight excluding hydrogens is 430 g/mol. The molecule has 0 unspecified atom stereocenters. The number of hydrogen-bond acceptors (Lipinski definition) is 5. The van der Waals surface area contributed by atoms with Crippen LogP contribution in [0.2, 0.25) is 0 Å². The van der Waals surface area contributed by atoms with Gasteiger partial charge in [0.1, 0.15) is 5.69 Å². The van der Waals surface area contributed by atoms with Gasteiger partial charge in [0.25, 0.3) is 5.56 Å². The van der Waals surface area contributed by atoms with Gasteiger partial charge in [-0.15, -0.1) is 0 Å². The fourth-order valence-electron chi connectivity index (χ4n) is 4.02. The van der Waals surface area contributed by atoms with Crippen molar-refractivity contribution >= 4 is 16.9 Å². The second kappa shape index (κ2) is 8.63. The Morgan fingerprint density at radius 3 is 2.24 bits per heavy atom. The standard InChI is InChI=1S/C27H19N3O4/c31-25-20-15-19(18-11-5-2-6-12-18)26(32)30(16-17-9-3-1-4-10-17)24(20)22(29-23(25)27(33)34)21-13-7-8-14-28-21/h1-15,31H,16H2,(H,33,34). The van der Waals surface area contributed by atoms with E-state index in [4.69, 9.17) is 0 Å². The third-order valence-corrected chi connectivity index (χ3v) is 5.60. The first kappa shape index (κ1) is 21.1. The molecule has 166 valence electrons. The maximum Gasteiger partial charge on any atom is 0.358 e. The number of carbonyl (C=O) groups is 1. The summed E-state index contributed by atoms with van der Waals surface area (Å²) in [7, 11) is 0. The highest BCUT2D eigenvalue weighted by molar-refractivity contribution is 6.03. The minimum Gasteiger partial charge on any atom is -0.505 e. The number of aromatic hydroxyl groups is 1. The summed E-state index contributed by atoms with van der Waals surface area (Å²) in [5.74, 6) is -1.88. The monoisotopic (exact) mass is 449 g/mol. The van der Waals surface area contributed by atoms with Crippen molar-refractivity contribution in [3.63, 3.8) is 0 Å². The molecule has 0 saturated carbocycles. The van der Waals surface area contributed by atoms with Crippen molar-refractivity contribution in [2.75, 3.05) is 0 Å². The molecule has 7 nitrogen and oxygen atoms in total. The summed E-state index contributed by atoms with van der Waals surface area (Å²) >= 11 is 0. The number of hydrogen-bond donors (Lipinski definition) is 2. The molecule has 34 heavy (non-hydrogen) atoms. The zero-order valence-corrected chi connectivity index (χ0v) is 17.9. The van der Waals surface area contributed by atoms with Crippen molar-refractivity contribution < 1.29 is 15.0 Å². The van der Waals surface area contributed by atoms with Crippen LogP contribution in [0, 0.1) is 0 Å². The Bertz CT molecular complexity index is 1560. The van der Waals surface area contributed by atoms with Gasteiger partial charge in [-0.1, -0.05) is 66.7 Å². The number of carboxylic acid groups (broad SMARTS) is 1. The van der Waals surface area contributed by atoms with Gasteiger partial charge in [-0.3, -0.25) is 9.78 Å². The third-order valence-electron chi connectivity index (χ3n) is 5.60. The Balaban J connectivity index is 1.94. The van der Waals surface area contributed by atoms with E-state index in [2.05, 4.69) is 9.97 Å². The molecule has 2 aromatic carbocycles. The largest absolute Gasteiger partial charge is 0.505 e. The van der Waals surface area contributed by atoms with Crippen molar-refractivity contribution in [2.45, 2.75) is 6.54 Å². The molecule has 0 amide bonds. The average molecular weight is 449 g/mol. The van der Waals surface area contributed by atoms with Crippen molar-refractivity contribution in [1.29, 1.82) is 0 Å². The molecule has 3 heterocycles. The second-order valence-corrected chi connectivity index (χ2v) is 7.74. The van der Waals surface area contributed by atoms with Crippen molar-refractivity contribution in [3.05, 3.63) is 113 Å². The smallest absolute Gasteiger partial charge is 0.358 e. The van der Waals surface area contributed by atoms with Gasteiger partial charge in [-0.05, 0) is 29.3 Å². The van der Waals surface area contributed by atoms with Crippen LogP contribution in [-0.4, -0.2) is 30.7 Å². The van der Waals surface area contributed by atoms with E-state index in [1.54, 1.807) is 36.5 Å². The van der Waals surface area contributed by atoms with Crippen molar-refractivity contribution in [3.8, 4) is 28.3 Å². The maximum absolute atomic E-state index is 13.8. The van der Waals surface area contributed by atoms with Crippen LogP contribution in [0.25, 0.3) is 33.4 Å². The van der Waals surface area contributed by atoms with E-state index >= 15 is 0 Å². The van der Waals surface area contributed by atoms with Gasteiger partial charge in [-0.2, -0.15) is 0 Å². The Kier molecular flexibility index (Phi) is 5.35. The lowest BCUT2D eigenvalue weighted by atomic mass is 10.0. The van der Waals surface area contributed by atoms with Gasteiger partial charge >= 0.3 is 5.97 Å². The molecule has 0 saturated heterocycles. The summed E-state index contributed by atoms with van der Waals surface area (Å²) in [6.45, 7) is 0.199. The first-order valence-corrected chi connectivity index (χ1v) is 10.6. The first-order chi connectivity index (χ1) is 16.5. The zero-order chi connectivity index (χ0) is 23.7. The van der Waals surface area contributed by atoms with E-state index in [-0.39, 0.29) is 23.2 Å². The highest BCUT2D eigenvalue weighted by atomic mass is 16.4. The van der Waals surface area contributed by atoms with Crippen molar-refractivity contribution in [2.24, 2.45) is 0 Å². The molecular formula is C27H19N3O4. The lowest BCUT2D eigenvalue weighted by Crippen LogP contribution is -2.24. The van der Waals surface area contributed by atoms with E-state index in [9.17, 15) is 19.8 Å². The van der Waals surface area contributed by atoms with Crippen LogP contribution < -0.4 is 5.56 Å². The van der Waals surface area contributed by atoms with Crippen LogP contribution in [-0.2, 0) is 6.54 Å². The second-order valence-electron chi connectivity index (χ2n) is 7.74. The molecule has 7 heteroatoms. The van der Waals surface area contributed by atoms with E-state index < -0.39 is 17.4 Å². The number of rotatable bonds is 5. The topological polar surface area (TPSA) is 105 Å². The van der Waals surface area contributed by atoms with Crippen LogP contribution in [0.4, 0.5) is 0 Å². The van der Waals surface area contributed by atoms with Gasteiger partial charge in [0.2, 0.25) is 0 Å². The van der Waals surface area contributed by atoms with Crippen LogP contribution >= 0.6 is 0 Å². The zero-order valence-electron chi connectivity index (χ0n) is 17.9. The van der Waals surface area contributed by atoms with Crippen LogP contribution in [0.15, 0.2) is 95.9 Å². The van der Waals surface area contributed by atoms with Gasteiger partial charge in [0.05, 0.1) is 17.8 Å². The van der Waals surface area contributed by atoms with Crippen molar-refractivity contribution in [1.82, 2.24) is 14.5 Å². The number of pyridine rings is 3. The van der Waals surface area contributed by atoms with Gasteiger partial charge in [0, 0.05) is 17.1 Å². The molecule has 0 atom stereocenters. The first-order valence-electron chi connectivity index (χ1n) is 10.6. The molecule has 5 aromatic rings. The van der Waals surface area contributed by atoms with E-state index in [0.717, 1.165) is 5.56 Å². The van der Waals surface area contributed by atoms with Gasteiger partial charge in [0.15, 0.2) is 11.4 Å². The maximum atomic E-state index is 13.8. The summed E-state index contributed by atoms with van der Waals surface area (Å²) in [6, 6.07) is 25.2. The lowest BCUT2D eigenvalue weighted by Gasteiger charge is -2.18. The number of aromatic carboxylic acids is 1. The Hall–Kier alpha value is -4.78. The van der Waals surface area contributed by atoms with Gasteiger partial charge < -0.3 is 14.8 Å². The third kappa shape index (κ3) is 3.69. The molecule has 0 aliphatic carbocycles. The van der Waals surface area contributed by atoms with Gasteiger partial charge in [-0.25, -0.2) is 9.78 Å². The van der Waals surface area contributed by atoms with E-state index in [1.807, 2.05) is 48.5 Å². The minimum atomic E-state index is -1.38. The normalized spacial score (nSPS) is 10.9. The molecule has 0 aliphatic heterocycles.